The fourth-order valence-electron chi connectivity index (χ4n) is 2.26. The van der Waals surface area contributed by atoms with Crippen LogP contribution in [0.25, 0.3) is 0 Å². The van der Waals surface area contributed by atoms with Crippen molar-refractivity contribution in [1.82, 2.24) is 10.2 Å². The van der Waals surface area contributed by atoms with Gasteiger partial charge in [0.05, 0.1) is 0 Å². The molecule has 0 spiro atoms. The molecule has 0 aliphatic rings. The Morgan fingerprint density at radius 1 is 1.10 bits per heavy atom. The molecule has 3 nitrogen and oxygen atoms in total. The molecule has 0 aliphatic carbocycles. The van der Waals surface area contributed by atoms with E-state index in [0.717, 1.165) is 39.1 Å². The maximum Gasteiger partial charge on any atom is 0.0474 e. The zero-order valence-electron chi connectivity index (χ0n) is 14.4. The third kappa shape index (κ3) is 8.86. The Bertz CT molecular complexity index is 381. The van der Waals surface area contributed by atoms with Crippen LogP contribution in [-0.2, 0) is 17.7 Å². The van der Waals surface area contributed by atoms with Gasteiger partial charge in [-0.2, -0.15) is 0 Å². The lowest BCUT2D eigenvalue weighted by Crippen LogP contribution is -2.37. The Morgan fingerprint density at radius 2 is 1.71 bits per heavy atom. The second-order valence-electron chi connectivity index (χ2n) is 6.83. The molecule has 1 aromatic rings. The van der Waals surface area contributed by atoms with Crippen LogP contribution in [-0.4, -0.2) is 44.3 Å². The predicted molar refractivity (Wildman–Crippen MR) is 90.7 cm³/mol. The Hall–Kier alpha value is -0.900. The average Bonchev–Trinajstić information content (AvgIpc) is 2.40. The van der Waals surface area contributed by atoms with Crippen molar-refractivity contribution in [2.75, 3.05) is 33.9 Å². The molecule has 0 aromatic heterocycles. The summed E-state index contributed by atoms with van der Waals surface area (Å²) in [7, 11) is 3.92. The Kier molecular flexibility index (Phi) is 7.94. The lowest BCUT2D eigenvalue weighted by molar-refractivity contribution is 0.178. The van der Waals surface area contributed by atoms with E-state index in [9.17, 15) is 0 Å². The first-order valence-corrected chi connectivity index (χ1v) is 7.91. The van der Waals surface area contributed by atoms with Gasteiger partial charge in [-0.15, -0.1) is 0 Å². The van der Waals surface area contributed by atoms with Crippen molar-refractivity contribution in [1.29, 1.82) is 0 Å². The van der Waals surface area contributed by atoms with E-state index in [1.807, 2.05) is 0 Å². The fraction of sp³-hybridized carbons (Fsp3) is 0.667. The molecule has 0 heterocycles. The Balaban J connectivity index is 2.33. The van der Waals surface area contributed by atoms with Gasteiger partial charge in [-0.25, -0.2) is 0 Å². The molecular weight excluding hydrogens is 260 g/mol. The van der Waals surface area contributed by atoms with Gasteiger partial charge in [0.25, 0.3) is 0 Å². The summed E-state index contributed by atoms with van der Waals surface area (Å²) in [6.45, 7) is 10.6. The molecule has 1 aromatic carbocycles. The number of hydrogen-bond donors (Lipinski definition) is 1. The second kappa shape index (κ2) is 9.19. The van der Waals surface area contributed by atoms with Crippen LogP contribution in [0.4, 0.5) is 0 Å². The first kappa shape index (κ1) is 18.1. The molecule has 21 heavy (non-hydrogen) atoms. The zero-order valence-corrected chi connectivity index (χ0v) is 14.4. The van der Waals surface area contributed by atoms with Crippen LogP contribution in [0, 0.1) is 0 Å². The molecule has 0 unspecified atom stereocenters. The molecule has 0 atom stereocenters. The summed E-state index contributed by atoms with van der Waals surface area (Å²) in [5.74, 6) is 0. The van der Waals surface area contributed by atoms with Crippen molar-refractivity contribution >= 4 is 0 Å². The number of nitrogens with zero attached hydrogens (tertiary/aromatic N) is 1. The van der Waals surface area contributed by atoms with E-state index in [-0.39, 0.29) is 5.54 Å². The normalized spacial score (nSPS) is 12.1. The topological polar surface area (TPSA) is 24.5 Å². The lowest BCUT2D eigenvalue weighted by Gasteiger charge is -2.20. The van der Waals surface area contributed by atoms with E-state index in [1.165, 1.54) is 11.1 Å². The maximum absolute atomic E-state index is 5.09. The van der Waals surface area contributed by atoms with Gasteiger partial charge >= 0.3 is 0 Å². The van der Waals surface area contributed by atoms with Crippen LogP contribution < -0.4 is 5.32 Å². The second-order valence-corrected chi connectivity index (χ2v) is 6.83. The molecule has 1 rings (SSSR count). The van der Waals surface area contributed by atoms with E-state index in [4.69, 9.17) is 4.74 Å². The smallest absolute Gasteiger partial charge is 0.0474 e. The van der Waals surface area contributed by atoms with E-state index in [0.29, 0.717) is 0 Å². The largest absolute Gasteiger partial charge is 0.385 e. The quantitative estimate of drug-likeness (QED) is 0.708. The van der Waals surface area contributed by atoms with Crippen LogP contribution >= 0.6 is 0 Å². The number of ether oxygens (including phenoxy) is 1. The number of rotatable bonds is 9. The van der Waals surface area contributed by atoms with Crippen LogP contribution in [0.15, 0.2) is 24.3 Å². The number of hydrogen-bond acceptors (Lipinski definition) is 3. The third-order valence-corrected chi connectivity index (χ3v) is 3.43. The van der Waals surface area contributed by atoms with Crippen LogP contribution in [0.5, 0.6) is 0 Å². The van der Waals surface area contributed by atoms with Gasteiger partial charge in [0.15, 0.2) is 0 Å². The fourth-order valence-corrected chi connectivity index (χ4v) is 2.26. The third-order valence-electron chi connectivity index (χ3n) is 3.43. The highest BCUT2D eigenvalue weighted by Gasteiger charge is 2.07. The van der Waals surface area contributed by atoms with Gasteiger partial charge in [0.1, 0.15) is 0 Å². The van der Waals surface area contributed by atoms with Crippen LogP contribution in [0.3, 0.4) is 0 Å². The van der Waals surface area contributed by atoms with Crippen molar-refractivity contribution in [3.63, 3.8) is 0 Å². The molecule has 1 N–H and O–H groups in total. The summed E-state index contributed by atoms with van der Waals surface area (Å²) < 4.78 is 5.09. The van der Waals surface area contributed by atoms with Crippen LogP contribution in [0.1, 0.15) is 38.3 Å². The van der Waals surface area contributed by atoms with Crippen molar-refractivity contribution in [2.24, 2.45) is 0 Å². The number of nitrogens with one attached hydrogen (secondary N) is 1. The van der Waals surface area contributed by atoms with E-state index in [2.05, 4.69) is 62.3 Å². The van der Waals surface area contributed by atoms with Gasteiger partial charge in [0, 0.05) is 32.3 Å². The van der Waals surface area contributed by atoms with Crippen molar-refractivity contribution < 1.29 is 4.74 Å². The molecule has 0 fully saturated rings. The highest BCUT2D eigenvalue weighted by molar-refractivity contribution is 5.22. The molecule has 0 bridgehead atoms. The van der Waals surface area contributed by atoms with Crippen LogP contribution in [0.2, 0.25) is 0 Å². The monoisotopic (exact) mass is 292 g/mol. The van der Waals surface area contributed by atoms with Crippen molar-refractivity contribution in [3.8, 4) is 0 Å². The molecule has 0 radical (unpaired) electrons. The summed E-state index contributed by atoms with van der Waals surface area (Å²) in [5.41, 5.74) is 2.98. The van der Waals surface area contributed by atoms with Gasteiger partial charge in [0.2, 0.25) is 0 Å². The standard InChI is InChI=1S/C18H32N2O/c1-18(2,3)19-12-11-16-7-9-17(10-8-16)15-20(4)13-6-14-21-5/h7-10,19H,6,11-15H2,1-5H3. The predicted octanol–water partition coefficient (Wildman–Crippen LogP) is 3.09. The highest BCUT2D eigenvalue weighted by atomic mass is 16.5. The maximum atomic E-state index is 5.09. The van der Waals surface area contributed by atoms with E-state index in [1.54, 1.807) is 7.11 Å². The highest BCUT2D eigenvalue weighted by Crippen LogP contribution is 2.08. The number of benzene rings is 1. The summed E-state index contributed by atoms with van der Waals surface area (Å²) >= 11 is 0. The molecule has 0 saturated heterocycles. The van der Waals surface area contributed by atoms with E-state index >= 15 is 0 Å². The zero-order chi connectivity index (χ0) is 15.7. The summed E-state index contributed by atoms with van der Waals surface area (Å²) in [4.78, 5) is 2.34. The number of methoxy groups -OCH3 is 1. The molecule has 3 heteroatoms. The SMILES string of the molecule is COCCCN(C)Cc1ccc(CCNC(C)(C)C)cc1. The van der Waals surface area contributed by atoms with Gasteiger partial charge in [-0.05, 0) is 58.3 Å². The lowest BCUT2D eigenvalue weighted by atomic mass is 10.1. The molecule has 0 aliphatic heterocycles. The first-order chi connectivity index (χ1) is 9.90. The summed E-state index contributed by atoms with van der Waals surface area (Å²) in [6, 6.07) is 9.00. The minimum absolute atomic E-state index is 0.199. The molecule has 0 saturated carbocycles. The summed E-state index contributed by atoms with van der Waals surface area (Å²) in [5, 5.41) is 3.53. The molecule has 120 valence electrons. The minimum Gasteiger partial charge on any atom is -0.385 e. The molecular formula is C18H32N2O. The Morgan fingerprint density at radius 3 is 2.29 bits per heavy atom. The van der Waals surface area contributed by atoms with Gasteiger partial charge in [-0.1, -0.05) is 24.3 Å². The summed E-state index contributed by atoms with van der Waals surface area (Å²) in [6.07, 6.45) is 2.17. The van der Waals surface area contributed by atoms with Crippen molar-refractivity contribution in [2.45, 2.75) is 45.7 Å². The van der Waals surface area contributed by atoms with Gasteiger partial charge in [-0.3, -0.25) is 0 Å². The first-order valence-electron chi connectivity index (χ1n) is 7.91. The Labute approximate surface area is 130 Å². The molecule has 0 amide bonds. The average molecular weight is 292 g/mol. The van der Waals surface area contributed by atoms with Crippen molar-refractivity contribution in [3.05, 3.63) is 35.4 Å². The minimum atomic E-state index is 0.199. The van der Waals surface area contributed by atoms with Gasteiger partial charge < -0.3 is 15.0 Å². The van der Waals surface area contributed by atoms with E-state index < -0.39 is 0 Å².